The maximum Gasteiger partial charge on any atom is 0.410 e. The van der Waals surface area contributed by atoms with Crippen LogP contribution in [0.3, 0.4) is 0 Å². The summed E-state index contributed by atoms with van der Waals surface area (Å²) in [4.78, 5) is 14.2. The van der Waals surface area contributed by atoms with Crippen LogP contribution in [0.15, 0.2) is 24.3 Å². The topological polar surface area (TPSA) is 49.8 Å². The fourth-order valence-electron chi connectivity index (χ4n) is 2.94. The number of ether oxygens (including phenoxy) is 1. The van der Waals surface area contributed by atoms with Gasteiger partial charge in [0.2, 0.25) is 0 Å². The molecule has 1 fully saturated rings. The Labute approximate surface area is 143 Å². The van der Waals surface area contributed by atoms with E-state index in [4.69, 9.17) is 16.3 Å². The van der Waals surface area contributed by atoms with Gasteiger partial charge in [-0.05, 0) is 58.1 Å². The van der Waals surface area contributed by atoms with Crippen molar-refractivity contribution in [1.29, 1.82) is 0 Å². The molecule has 0 aliphatic carbocycles. The average Bonchev–Trinajstić information content (AvgIpc) is 2.46. The first-order chi connectivity index (χ1) is 10.8. The number of carbonyl (C=O) groups is 1. The largest absolute Gasteiger partial charge is 0.444 e. The van der Waals surface area contributed by atoms with E-state index in [-0.39, 0.29) is 12.1 Å². The molecule has 1 amide bonds. The molecule has 1 N–H and O–H groups in total. The molecule has 0 unspecified atom stereocenters. The lowest BCUT2D eigenvalue weighted by Crippen LogP contribution is -2.46. The zero-order chi connectivity index (χ0) is 17.0. The quantitative estimate of drug-likeness (QED) is 0.878. The SMILES string of the molecule is CC(C)(C)OC(=O)N1CCCC[C@H]1C[C@H](O)c1ccccc1Cl. The molecule has 128 valence electrons. The van der Waals surface area contributed by atoms with Crippen LogP contribution in [0.4, 0.5) is 4.79 Å². The highest BCUT2D eigenvalue weighted by atomic mass is 35.5. The molecule has 1 heterocycles. The van der Waals surface area contributed by atoms with Crippen LogP contribution in [0.1, 0.15) is 58.1 Å². The molecule has 1 saturated heterocycles. The molecule has 0 spiro atoms. The standard InChI is InChI=1S/C18H26ClNO3/c1-18(2,3)23-17(22)20-11-7-6-8-13(20)12-16(21)14-9-4-5-10-15(14)19/h4-5,9-10,13,16,21H,6-8,11-12H2,1-3H3/t13-,16-/m0/s1. The molecule has 0 radical (unpaired) electrons. The number of aliphatic hydroxyl groups is 1. The summed E-state index contributed by atoms with van der Waals surface area (Å²) in [6.45, 7) is 6.27. The average molecular weight is 340 g/mol. The molecule has 5 heteroatoms. The Bertz CT molecular complexity index is 541. The van der Waals surface area contributed by atoms with E-state index in [1.807, 2.05) is 39.0 Å². The van der Waals surface area contributed by atoms with E-state index in [1.54, 1.807) is 11.0 Å². The minimum Gasteiger partial charge on any atom is -0.444 e. The number of piperidine rings is 1. The van der Waals surface area contributed by atoms with Gasteiger partial charge >= 0.3 is 6.09 Å². The number of hydrogen-bond acceptors (Lipinski definition) is 3. The van der Waals surface area contributed by atoms with E-state index in [9.17, 15) is 9.90 Å². The van der Waals surface area contributed by atoms with Gasteiger partial charge in [0.15, 0.2) is 0 Å². The lowest BCUT2D eigenvalue weighted by Gasteiger charge is -2.37. The number of carbonyl (C=O) groups excluding carboxylic acids is 1. The van der Waals surface area contributed by atoms with E-state index in [0.717, 1.165) is 19.3 Å². The number of benzene rings is 1. The number of aliphatic hydroxyl groups excluding tert-OH is 1. The molecule has 4 nitrogen and oxygen atoms in total. The van der Waals surface area contributed by atoms with Crippen molar-refractivity contribution >= 4 is 17.7 Å². The monoisotopic (exact) mass is 339 g/mol. The minimum atomic E-state index is -0.684. The predicted molar refractivity (Wildman–Crippen MR) is 91.6 cm³/mol. The number of likely N-dealkylation sites (tertiary alicyclic amines) is 1. The zero-order valence-corrected chi connectivity index (χ0v) is 14.8. The molecule has 0 bridgehead atoms. The van der Waals surface area contributed by atoms with Crippen LogP contribution in [0.2, 0.25) is 5.02 Å². The second-order valence-corrected chi connectivity index (χ2v) is 7.50. The third kappa shape index (κ3) is 5.11. The molecular formula is C18H26ClNO3. The lowest BCUT2D eigenvalue weighted by atomic mass is 9.94. The molecule has 1 aromatic carbocycles. The fourth-order valence-corrected chi connectivity index (χ4v) is 3.20. The van der Waals surface area contributed by atoms with Crippen LogP contribution < -0.4 is 0 Å². The summed E-state index contributed by atoms with van der Waals surface area (Å²) < 4.78 is 5.50. The van der Waals surface area contributed by atoms with Gasteiger partial charge in [0.05, 0.1) is 6.10 Å². The normalized spacial score (nSPS) is 20.2. The molecule has 2 rings (SSSR count). The van der Waals surface area contributed by atoms with E-state index in [0.29, 0.717) is 23.6 Å². The summed E-state index contributed by atoms with van der Waals surface area (Å²) in [6.07, 6.45) is 2.39. The Morgan fingerprint density at radius 1 is 1.39 bits per heavy atom. The lowest BCUT2D eigenvalue weighted by molar-refractivity contribution is 0.00238. The third-order valence-electron chi connectivity index (χ3n) is 4.01. The smallest absolute Gasteiger partial charge is 0.410 e. The Kier molecular flexibility index (Phi) is 5.93. The summed E-state index contributed by atoms with van der Waals surface area (Å²) >= 11 is 6.16. The highest BCUT2D eigenvalue weighted by molar-refractivity contribution is 6.31. The first-order valence-corrected chi connectivity index (χ1v) is 8.58. The predicted octanol–water partition coefficient (Wildman–Crippen LogP) is 4.55. The third-order valence-corrected chi connectivity index (χ3v) is 4.36. The summed E-state index contributed by atoms with van der Waals surface area (Å²) in [5, 5.41) is 11.1. The Morgan fingerprint density at radius 3 is 2.74 bits per heavy atom. The minimum absolute atomic E-state index is 0.0233. The van der Waals surface area contributed by atoms with Gasteiger partial charge in [-0.15, -0.1) is 0 Å². The van der Waals surface area contributed by atoms with Gasteiger partial charge in [-0.3, -0.25) is 0 Å². The highest BCUT2D eigenvalue weighted by Crippen LogP contribution is 2.31. The van der Waals surface area contributed by atoms with Gasteiger partial charge in [-0.1, -0.05) is 29.8 Å². The van der Waals surface area contributed by atoms with Crippen LogP contribution in [-0.4, -0.2) is 34.3 Å². The maximum absolute atomic E-state index is 12.4. The molecule has 23 heavy (non-hydrogen) atoms. The van der Waals surface area contributed by atoms with E-state index >= 15 is 0 Å². The summed E-state index contributed by atoms with van der Waals surface area (Å²) in [5.74, 6) is 0. The van der Waals surface area contributed by atoms with Gasteiger partial charge < -0.3 is 14.7 Å². The zero-order valence-electron chi connectivity index (χ0n) is 14.1. The van der Waals surface area contributed by atoms with Gasteiger partial charge in [0.1, 0.15) is 5.60 Å². The van der Waals surface area contributed by atoms with Crippen molar-refractivity contribution in [1.82, 2.24) is 4.90 Å². The van der Waals surface area contributed by atoms with E-state index in [2.05, 4.69) is 0 Å². The number of halogens is 1. The van der Waals surface area contributed by atoms with Crippen molar-refractivity contribution in [3.05, 3.63) is 34.9 Å². The molecule has 0 aromatic heterocycles. The molecular weight excluding hydrogens is 314 g/mol. The van der Waals surface area contributed by atoms with E-state index in [1.165, 1.54) is 0 Å². The number of nitrogens with zero attached hydrogens (tertiary/aromatic N) is 1. The molecule has 1 aliphatic rings. The van der Waals surface area contributed by atoms with Crippen molar-refractivity contribution in [3.63, 3.8) is 0 Å². The molecule has 2 atom stereocenters. The van der Waals surface area contributed by atoms with Crippen LogP contribution in [0.5, 0.6) is 0 Å². The Morgan fingerprint density at radius 2 is 2.09 bits per heavy atom. The van der Waals surface area contributed by atoms with Gasteiger partial charge in [0, 0.05) is 17.6 Å². The molecule has 1 aromatic rings. The first-order valence-electron chi connectivity index (χ1n) is 8.20. The highest BCUT2D eigenvalue weighted by Gasteiger charge is 2.32. The van der Waals surface area contributed by atoms with E-state index < -0.39 is 11.7 Å². The summed E-state index contributed by atoms with van der Waals surface area (Å²) in [6, 6.07) is 7.27. The van der Waals surface area contributed by atoms with Crippen molar-refractivity contribution in [2.24, 2.45) is 0 Å². The fraction of sp³-hybridized carbons (Fsp3) is 0.611. The number of hydrogen-bond donors (Lipinski definition) is 1. The number of rotatable bonds is 3. The van der Waals surface area contributed by atoms with Gasteiger partial charge in [0.25, 0.3) is 0 Å². The van der Waals surface area contributed by atoms with Crippen molar-refractivity contribution in [2.45, 2.75) is 64.2 Å². The van der Waals surface area contributed by atoms with Crippen LogP contribution >= 0.6 is 11.6 Å². The second-order valence-electron chi connectivity index (χ2n) is 7.10. The number of amides is 1. The van der Waals surface area contributed by atoms with Gasteiger partial charge in [-0.2, -0.15) is 0 Å². The maximum atomic E-state index is 12.4. The van der Waals surface area contributed by atoms with Crippen molar-refractivity contribution in [2.75, 3.05) is 6.54 Å². The summed E-state index contributed by atoms with van der Waals surface area (Å²) in [7, 11) is 0. The van der Waals surface area contributed by atoms with Crippen molar-refractivity contribution in [3.8, 4) is 0 Å². The Balaban J connectivity index is 2.06. The van der Waals surface area contributed by atoms with Gasteiger partial charge in [-0.25, -0.2) is 4.79 Å². The van der Waals surface area contributed by atoms with Crippen LogP contribution in [-0.2, 0) is 4.74 Å². The van der Waals surface area contributed by atoms with Crippen molar-refractivity contribution < 1.29 is 14.6 Å². The Hall–Kier alpha value is -1.26. The second kappa shape index (κ2) is 7.54. The first kappa shape index (κ1) is 18.1. The molecule has 0 saturated carbocycles. The van der Waals surface area contributed by atoms with Crippen LogP contribution in [0.25, 0.3) is 0 Å². The van der Waals surface area contributed by atoms with Crippen LogP contribution in [0, 0.1) is 0 Å². The summed E-state index contributed by atoms with van der Waals surface area (Å²) in [5.41, 5.74) is 0.198. The molecule has 1 aliphatic heterocycles.